The number of hydrogen-bond acceptors (Lipinski definition) is 5. The number of aryl methyl sites for hydroxylation is 1. The van der Waals surface area contributed by atoms with Gasteiger partial charge < -0.3 is 11.1 Å². The van der Waals surface area contributed by atoms with Crippen LogP contribution in [-0.2, 0) is 21.4 Å². The lowest BCUT2D eigenvalue weighted by Crippen LogP contribution is -2.38. The molecule has 0 bridgehead atoms. The summed E-state index contributed by atoms with van der Waals surface area (Å²) in [5.41, 5.74) is 7.17. The van der Waals surface area contributed by atoms with Crippen LogP contribution < -0.4 is 11.1 Å². The summed E-state index contributed by atoms with van der Waals surface area (Å²) in [6, 6.07) is 9.05. The topological polar surface area (TPSA) is 110 Å². The van der Waals surface area contributed by atoms with Crippen molar-refractivity contribution in [1.82, 2.24) is 4.31 Å². The molecule has 2 amide bonds. The summed E-state index contributed by atoms with van der Waals surface area (Å²) in [7, 11) is -3.59. The third-order valence-electron chi connectivity index (χ3n) is 4.16. The van der Waals surface area contributed by atoms with Gasteiger partial charge in [-0.15, -0.1) is 11.3 Å². The maximum Gasteiger partial charge on any atom is 0.251 e. The second-order valence-electron chi connectivity index (χ2n) is 6.05. The number of sulfonamides is 1. The number of carbonyl (C=O) groups excluding carboxylic acids is 2. The van der Waals surface area contributed by atoms with Crippen molar-refractivity contribution in [1.29, 1.82) is 0 Å². The summed E-state index contributed by atoms with van der Waals surface area (Å²) in [5.74, 6) is -1.27. The fraction of sp³-hybridized carbons (Fsp3) is 0.333. The number of benzene rings is 1. The number of carbonyl (C=O) groups is 2. The first-order valence-electron chi connectivity index (χ1n) is 8.37. The van der Waals surface area contributed by atoms with Crippen molar-refractivity contribution in [2.24, 2.45) is 5.73 Å². The van der Waals surface area contributed by atoms with Gasteiger partial charge in [0.2, 0.25) is 15.9 Å². The van der Waals surface area contributed by atoms with E-state index in [-0.39, 0.29) is 24.4 Å². The maximum atomic E-state index is 12.5. The second kappa shape index (κ2) is 8.64. The minimum absolute atomic E-state index is 0.0929. The van der Waals surface area contributed by atoms with Crippen molar-refractivity contribution >= 4 is 38.2 Å². The second-order valence-corrected chi connectivity index (χ2v) is 9.54. The highest BCUT2D eigenvalue weighted by molar-refractivity contribution is 7.89. The first-order chi connectivity index (χ1) is 12.7. The van der Waals surface area contributed by atoms with E-state index in [2.05, 4.69) is 5.32 Å². The molecule has 1 aromatic carbocycles. The average molecular weight is 410 g/mol. The molecule has 0 spiro atoms. The highest BCUT2D eigenvalue weighted by atomic mass is 32.2. The van der Waals surface area contributed by atoms with E-state index in [1.165, 1.54) is 18.3 Å². The third kappa shape index (κ3) is 5.15. The largest absolute Gasteiger partial charge is 0.365 e. The van der Waals surface area contributed by atoms with Crippen LogP contribution in [0.25, 0.3) is 0 Å². The molecule has 27 heavy (non-hydrogen) atoms. The van der Waals surface area contributed by atoms with E-state index in [9.17, 15) is 18.0 Å². The lowest BCUT2D eigenvalue weighted by molar-refractivity contribution is -0.116. The quantitative estimate of drug-likeness (QED) is 0.697. The molecule has 0 unspecified atom stereocenters. The molecule has 0 fully saturated rings. The number of rotatable bonds is 8. The summed E-state index contributed by atoms with van der Waals surface area (Å²) in [6.07, 6.45) is 0. The van der Waals surface area contributed by atoms with Gasteiger partial charge >= 0.3 is 0 Å². The highest BCUT2D eigenvalue weighted by Crippen LogP contribution is 2.32. The monoisotopic (exact) mass is 409 g/mol. The number of primary amides is 1. The van der Waals surface area contributed by atoms with E-state index in [1.807, 2.05) is 25.1 Å². The van der Waals surface area contributed by atoms with E-state index < -0.39 is 21.8 Å². The zero-order valence-corrected chi connectivity index (χ0v) is 17.1. The van der Waals surface area contributed by atoms with Crippen molar-refractivity contribution in [2.75, 3.05) is 17.6 Å². The fourth-order valence-electron chi connectivity index (χ4n) is 2.56. The molecule has 146 valence electrons. The molecule has 2 aromatic rings. The normalized spacial score (nSPS) is 11.6. The zero-order valence-electron chi connectivity index (χ0n) is 15.5. The Hall–Kier alpha value is -2.23. The minimum Gasteiger partial charge on any atom is -0.365 e. The van der Waals surface area contributed by atoms with E-state index in [1.54, 1.807) is 19.1 Å². The Morgan fingerprint density at radius 3 is 2.37 bits per heavy atom. The molecule has 0 saturated carbocycles. The average Bonchev–Trinajstić information content (AvgIpc) is 2.89. The van der Waals surface area contributed by atoms with Crippen LogP contribution in [0.15, 0.2) is 30.3 Å². The van der Waals surface area contributed by atoms with Crippen LogP contribution in [0.3, 0.4) is 0 Å². The molecule has 1 heterocycles. The number of nitrogens with zero attached hydrogens (tertiary/aromatic N) is 1. The molecule has 7 nitrogen and oxygen atoms in total. The van der Waals surface area contributed by atoms with Crippen LogP contribution in [0.4, 0.5) is 5.00 Å². The van der Waals surface area contributed by atoms with Gasteiger partial charge in [-0.2, -0.15) is 4.31 Å². The van der Waals surface area contributed by atoms with Crippen LogP contribution >= 0.6 is 11.3 Å². The number of hydrogen-bond donors (Lipinski definition) is 2. The predicted octanol–water partition coefficient (Wildman–Crippen LogP) is 2.25. The van der Waals surface area contributed by atoms with Crippen LogP contribution in [0, 0.1) is 13.8 Å². The molecular formula is C18H23N3O4S2. The number of nitrogens with two attached hydrogens (primary N) is 1. The van der Waals surface area contributed by atoms with Crippen molar-refractivity contribution in [3.8, 4) is 0 Å². The van der Waals surface area contributed by atoms with Crippen molar-refractivity contribution in [2.45, 2.75) is 27.3 Å². The summed E-state index contributed by atoms with van der Waals surface area (Å²) < 4.78 is 25.9. The number of nitrogens with one attached hydrogen (secondary N) is 1. The Labute approximate surface area is 163 Å². The lowest BCUT2D eigenvalue weighted by Gasteiger charge is -2.21. The summed E-state index contributed by atoms with van der Waals surface area (Å²) in [4.78, 5) is 25.0. The smallest absolute Gasteiger partial charge is 0.251 e. The van der Waals surface area contributed by atoms with Crippen molar-refractivity contribution in [3.05, 3.63) is 51.9 Å². The standard InChI is InChI=1S/C18H23N3O4S2/c1-4-27(24,25)21(10-14-8-6-5-7-9-14)11-15(22)20-18-16(17(19)23)12(2)13(3)26-18/h5-9H,4,10-11H2,1-3H3,(H2,19,23)(H,20,22). The number of amides is 2. The van der Waals surface area contributed by atoms with Gasteiger partial charge in [0.25, 0.3) is 5.91 Å². The van der Waals surface area contributed by atoms with Gasteiger partial charge in [-0.25, -0.2) is 8.42 Å². The van der Waals surface area contributed by atoms with Crippen LogP contribution in [-0.4, -0.2) is 36.8 Å². The van der Waals surface area contributed by atoms with E-state index in [0.717, 1.165) is 14.7 Å². The Balaban J connectivity index is 2.22. The fourth-order valence-corrected chi connectivity index (χ4v) is 4.67. The molecule has 0 aliphatic carbocycles. The Morgan fingerprint density at radius 2 is 1.81 bits per heavy atom. The van der Waals surface area contributed by atoms with Gasteiger partial charge in [-0.1, -0.05) is 30.3 Å². The molecule has 0 atom stereocenters. The van der Waals surface area contributed by atoms with Crippen molar-refractivity contribution < 1.29 is 18.0 Å². The molecular weight excluding hydrogens is 386 g/mol. The van der Waals surface area contributed by atoms with Crippen LogP contribution in [0.5, 0.6) is 0 Å². The molecule has 0 aliphatic heterocycles. The Morgan fingerprint density at radius 1 is 1.19 bits per heavy atom. The summed E-state index contributed by atoms with van der Waals surface area (Å²) >= 11 is 1.24. The summed E-state index contributed by atoms with van der Waals surface area (Å²) in [6.45, 7) is 4.85. The highest BCUT2D eigenvalue weighted by Gasteiger charge is 2.25. The van der Waals surface area contributed by atoms with Crippen LogP contribution in [0.1, 0.15) is 33.3 Å². The SMILES string of the molecule is CCS(=O)(=O)N(CC(=O)Nc1sc(C)c(C)c1C(N)=O)Cc1ccccc1. The van der Waals surface area contributed by atoms with Gasteiger partial charge in [0.1, 0.15) is 5.00 Å². The molecule has 1 aromatic heterocycles. The van der Waals surface area contributed by atoms with E-state index in [0.29, 0.717) is 10.6 Å². The number of thiophene rings is 1. The van der Waals surface area contributed by atoms with E-state index >= 15 is 0 Å². The van der Waals surface area contributed by atoms with Crippen LogP contribution in [0.2, 0.25) is 0 Å². The lowest BCUT2D eigenvalue weighted by atomic mass is 10.1. The molecule has 9 heteroatoms. The molecule has 2 rings (SSSR count). The number of anilines is 1. The third-order valence-corrected chi connectivity index (χ3v) is 7.06. The Kier molecular flexibility index (Phi) is 6.74. The van der Waals surface area contributed by atoms with Gasteiger partial charge in [0.15, 0.2) is 0 Å². The van der Waals surface area contributed by atoms with Gasteiger partial charge in [-0.05, 0) is 31.9 Å². The van der Waals surface area contributed by atoms with Gasteiger partial charge in [0.05, 0.1) is 17.9 Å². The Bertz CT molecular complexity index is 937. The van der Waals surface area contributed by atoms with Crippen molar-refractivity contribution in [3.63, 3.8) is 0 Å². The molecule has 0 saturated heterocycles. The minimum atomic E-state index is -3.59. The molecule has 3 N–H and O–H groups in total. The van der Waals surface area contributed by atoms with Gasteiger partial charge in [0, 0.05) is 11.4 Å². The zero-order chi connectivity index (χ0) is 20.2. The maximum absolute atomic E-state index is 12.5. The molecule has 0 radical (unpaired) electrons. The summed E-state index contributed by atoms with van der Waals surface area (Å²) in [5, 5.41) is 2.98. The van der Waals surface area contributed by atoms with Gasteiger partial charge in [-0.3, -0.25) is 9.59 Å². The molecule has 0 aliphatic rings. The first kappa shape index (κ1) is 21.1. The predicted molar refractivity (Wildman–Crippen MR) is 107 cm³/mol. The van der Waals surface area contributed by atoms with E-state index in [4.69, 9.17) is 5.73 Å². The first-order valence-corrected chi connectivity index (χ1v) is 10.8.